The third-order valence-electron chi connectivity index (χ3n) is 1.25. The van der Waals surface area contributed by atoms with Gasteiger partial charge in [-0.05, 0) is 6.54 Å². The van der Waals surface area contributed by atoms with Crippen molar-refractivity contribution in [3.8, 4) is 0 Å². The molecule has 0 saturated carbocycles. The van der Waals surface area contributed by atoms with Crippen molar-refractivity contribution in [3.05, 3.63) is 0 Å². The van der Waals surface area contributed by atoms with Gasteiger partial charge >= 0.3 is 0 Å². The quantitative estimate of drug-likeness (QED) is 0.542. The SMILES string of the molecule is CCN(CCF)CCCl. The lowest BCUT2D eigenvalue weighted by atomic mass is 10.5. The number of halogens is 2. The third kappa shape index (κ3) is 4.67. The summed E-state index contributed by atoms with van der Waals surface area (Å²) in [5.41, 5.74) is 0. The molecular weight excluding hydrogens is 141 g/mol. The van der Waals surface area contributed by atoms with E-state index in [1.807, 2.05) is 11.8 Å². The highest BCUT2D eigenvalue weighted by Crippen LogP contribution is 1.88. The summed E-state index contributed by atoms with van der Waals surface area (Å²) in [6.45, 7) is 3.93. The molecule has 0 radical (unpaired) electrons. The van der Waals surface area contributed by atoms with Crippen molar-refractivity contribution < 1.29 is 4.39 Å². The Morgan fingerprint density at radius 1 is 1.44 bits per heavy atom. The van der Waals surface area contributed by atoms with E-state index in [0.29, 0.717) is 12.4 Å². The largest absolute Gasteiger partial charge is 0.300 e. The first-order valence-corrected chi connectivity index (χ1v) is 3.72. The first-order chi connectivity index (χ1) is 4.35. The maximum atomic E-state index is 11.7. The van der Waals surface area contributed by atoms with Crippen LogP contribution in [0.5, 0.6) is 0 Å². The highest BCUT2D eigenvalue weighted by atomic mass is 35.5. The Kier molecular flexibility index (Phi) is 6.43. The van der Waals surface area contributed by atoms with Gasteiger partial charge in [0, 0.05) is 19.0 Å². The lowest BCUT2D eigenvalue weighted by molar-refractivity contribution is 0.273. The number of alkyl halides is 2. The fraction of sp³-hybridized carbons (Fsp3) is 1.00. The molecule has 0 aliphatic rings. The second-order valence-corrected chi connectivity index (χ2v) is 2.19. The van der Waals surface area contributed by atoms with Crippen molar-refractivity contribution in [2.24, 2.45) is 0 Å². The summed E-state index contributed by atoms with van der Waals surface area (Å²) >= 11 is 5.45. The zero-order valence-corrected chi connectivity index (χ0v) is 6.49. The molecule has 0 aromatic carbocycles. The molecule has 56 valence electrons. The van der Waals surface area contributed by atoms with Gasteiger partial charge in [0.2, 0.25) is 0 Å². The van der Waals surface area contributed by atoms with Gasteiger partial charge in [-0.1, -0.05) is 6.92 Å². The van der Waals surface area contributed by atoms with Crippen LogP contribution in [-0.2, 0) is 0 Å². The molecule has 9 heavy (non-hydrogen) atoms. The van der Waals surface area contributed by atoms with E-state index in [1.54, 1.807) is 0 Å². The van der Waals surface area contributed by atoms with E-state index in [1.165, 1.54) is 0 Å². The Balaban J connectivity index is 3.18. The summed E-state index contributed by atoms with van der Waals surface area (Å²) in [4.78, 5) is 1.98. The van der Waals surface area contributed by atoms with E-state index < -0.39 is 0 Å². The van der Waals surface area contributed by atoms with Crippen molar-refractivity contribution >= 4 is 11.6 Å². The second kappa shape index (κ2) is 6.30. The molecule has 3 heteroatoms. The van der Waals surface area contributed by atoms with Gasteiger partial charge in [-0.2, -0.15) is 0 Å². The number of hydrogen-bond donors (Lipinski definition) is 0. The zero-order valence-electron chi connectivity index (χ0n) is 5.74. The molecule has 0 amide bonds. The van der Waals surface area contributed by atoms with Crippen LogP contribution in [0.4, 0.5) is 4.39 Å². The van der Waals surface area contributed by atoms with Gasteiger partial charge in [0.15, 0.2) is 0 Å². The molecule has 0 unspecified atom stereocenters. The van der Waals surface area contributed by atoms with E-state index in [4.69, 9.17) is 11.6 Å². The van der Waals surface area contributed by atoms with Crippen LogP contribution >= 0.6 is 11.6 Å². The Bertz CT molecular complexity index is 55.0. The van der Waals surface area contributed by atoms with E-state index in [-0.39, 0.29) is 6.67 Å². The van der Waals surface area contributed by atoms with Crippen LogP contribution in [0.15, 0.2) is 0 Å². The van der Waals surface area contributed by atoms with Crippen molar-refractivity contribution in [2.75, 3.05) is 32.2 Å². The van der Waals surface area contributed by atoms with Gasteiger partial charge < -0.3 is 0 Å². The van der Waals surface area contributed by atoms with E-state index in [0.717, 1.165) is 13.1 Å². The molecule has 0 aromatic heterocycles. The summed E-state index contributed by atoms with van der Waals surface area (Å²) in [6, 6.07) is 0. The number of nitrogens with zero attached hydrogens (tertiary/aromatic N) is 1. The highest BCUT2D eigenvalue weighted by molar-refractivity contribution is 6.18. The maximum absolute atomic E-state index is 11.7. The van der Waals surface area contributed by atoms with Gasteiger partial charge in [-0.3, -0.25) is 4.90 Å². The standard InChI is InChI=1S/C6H13ClFN/c1-2-9(5-3-7)6-4-8/h2-6H2,1H3. The average Bonchev–Trinajstić information content (AvgIpc) is 1.88. The molecule has 0 fully saturated rings. The van der Waals surface area contributed by atoms with Gasteiger partial charge in [0.1, 0.15) is 6.67 Å². The molecule has 0 aromatic rings. The summed E-state index contributed by atoms with van der Waals surface area (Å²) in [7, 11) is 0. The van der Waals surface area contributed by atoms with Crippen molar-refractivity contribution in [1.82, 2.24) is 4.90 Å². The van der Waals surface area contributed by atoms with Crippen molar-refractivity contribution in [2.45, 2.75) is 6.92 Å². The monoisotopic (exact) mass is 153 g/mol. The molecule has 0 bridgehead atoms. The molecule has 0 N–H and O–H groups in total. The fourth-order valence-corrected chi connectivity index (χ4v) is 0.906. The molecule has 1 nitrogen and oxygen atoms in total. The molecule has 0 rings (SSSR count). The summed E-state index contributed by atoms with van der Waals surface area (Å²) in [5, 5.41) is 0. The van der Waals surface area contributed by atoms with Crippen molar-refractivity contribution in [1.29, 1.82) is 0 Å². The van der Waals surface area contributed by atoms with E-state index in [2.05, 4.69) is 0 Å². The minimum absolute atomic E-state index is 0.273. The Labute approximate surface area is 60.8 Å². The first kappa shape index (κ1) is 9.18. The van der Waals surface area contributed by atoms with Crippen LogP contribution < -0.4 is 0 Å². The lowest BCUT2D eigenvalue weighted by Crippen LogP contribution is -2.27. The van der Waals surface area contributed by atoms with Crippen LogP contribution in [0.25, 0.3) is 0 Å². The maximum Gasteiger partial charge on any atom is 0.102 e. The Hall–Kier alpha value is 0.180. The van der Waals surface area contributed by atoms with Crippen molar-refractivity contribution in [3.63, 3.8) is 0 Å². The van der Waals surface area contributed by atoms with Gasteiger partial charge in [0.05, 0.1) is 0 Å². The number of rotatable bonds is 5. The van der Waals surface area contributed by atoms with Gasteiger partial charge in [0.25, 0.3) is 0 Å². The Morgan fingerprint density at radius 2 is 2.11 bits per heavy atom. The van der Waals surface area contributed by atoms with Crippen LogP contribution in [0.3, 0.4) is 0 Å². The number of hydrogen-bond acceptors (Lipinski definition) is 1. The molecule has 0 aliphatic heterocycles. The van der Waals surface area contributed by atoms with Crippen LogP contribution in [0.2, 0.25) is 0 Å². The minimum Gasteiger partial charge on any atom is -0.300 e. The molecule has 0 saturated heterocycles. The summed E-state index contributed by atoms with van der Waals surface area (Å²) in [6.07, 6.45) is 0. The Morgan fingerprint density at radius 3 is 2.44 bits per heavy atom. The summed E-state index contributed by atoms with van der Waals surface area (Å²) < 4.78 is 11.7. The average molecular weight is 154 g/mol. The summed E-state index contributed by atoms with van der Waals surface area (Å²) in [5.74, 6) is 0.591. The molecule has 0 aliphatic carbocycles. The van der Waals surface area contributed by atoms with E-state index >= 15 is 0 Å². The van der Waals surface area contributed by atoms with Gasteiger partial charge in [-0.15, -0.1) is 11.6 Å². The topological polar surface area (TPSA) is 3.24 Å². The lowest BCUT2D eigenvalue weighted by Gasteiger charge is -2.15. The molecule has 0 spiro atoms. The first-order valence-electron chi connectivity index (χ1n) is 3.19. The van der Waals surface area contributed by atoms with Crippen LogP contribution in [0, 0.1) is 0 Å². The van der Waals surface area contributed by atoms with Crippen LogP contribution in [-0.4, -0.2) is 37.1 Å². The fourth-order valence-electron chi connectivity index (χ4n) is 0.667. The van der Waals surface area contributed by atoms with E-state index in [9.17, 15) is 4.39 Å². The molecular formula is C6H13ClFN. The zero-order chi connectivity index (χ0) is 7.11. The molecule has 0 heterocycles. The highest BCUT2D eigenvalue weighted by Gasteiger charge is 1.97. The predicted molar refractivity (Wildman–Crippen MR) is 38.8 cm³/mol. The minimum atomic E-state index is -0.273. The molecule has 0 atom stereocenters. The smallest absolute Gasteiger partial charge is 0.102 e. The van der Waals surface area contributed by atoms with Crippen LogP contribution in [0.1, 0.15) is 6.92 Å². The normalized spacial score (nSPS) is 10.7. The second-order valence-electron chi connectivity index (χ2n) is 1.81. The third-order valence-corrected chi connectivity index (χ3v) is 1.42. The predicted octanol–water partition coefficient (Wildman–Crippen LogP) is 1.52. The van der Waals surface area contributed by atoms with Gasteiger partial charge in [-0.25, -0.2) is 4.39 Å².